The van der Waals surface area contributed by atoms with Crippen LogP contribution in [0.25, 0.3) is 0 Å². The molecule has 0 aromatic heterocycles. The maximum Gasteiger partial charge on any atom is 0.340 e. The van der Waals surface area contributed by atoms with Gasteiger partial charge in [-0.05, 0) is 0 Å². The van der Waals surface area contributed by atoms with Gasteiger partial charge in [0, 0.05) is 0 Å². The Morgan fingerprint density at radius 3 is 2.27 bits per heavy atom. The Kier molecular flexibility index (Phi) is 1.85. The van der Waals surface area contributed by atoms with Crippen LogP contribution < -0.4 is 0 Å². The van der Waals surface area contributed by atoms with E-state index in [0.29, 0.717) is 0 Å². The van der Waals surface area contributed by atoms with Crippen LogP contribution in [0.2, 0.25) is 0 Å². The van der Waals surface area contributed by atoms with Gasteiger partial charge >= 0.3 is 5.97 Å². The van der Waals surface area contributed by atoms with Crippen LogP contribution in [0.1, 0.15) is 0 Å². The van der Waals surface area contributed by atoms with Crippen LogP contribution in [0, 0.1) is 0 Å². The molecule has 0 aromatic rings. The number of carbonyl (C=O) groups excluding carboxylic acids is 1. The van der Waals surface area contributed by atoms with E-state index in [1.807, 2.05) is 0 Å². The molecule has 0 amide bonds. The molecule has 3 atom stereocenters. The molecule has 6 heteroatoms. The lowest BCUT2D eigenvalue weighted by Crippen LogP contribution is -2.46. The van der Waals surface area contributed by atoms with Gasteiger partial charge in [0.2, 0.25) is 0 Å². The molecule has 1 aliphatic heterocycles. The fourth-order valence-electron chi connectivity index (χ4n) is 0.796. The van der Waals surface area contributed by atoms with E-state index in [-0.39, 0.29) is 0 Å². The molecule has 0 radical (unpaired) electrons. The number of hydrogen-bond acceptors (Lipinski definition) is 6. The van der Waals surface area contributed by atoms with E-state index in [9.17, 15) is 4.79 Å². The van der Waals surface area contributed by atoms with Crippen molar-refractivity contribution in [3.63, 3.8) is 0 Å². The summed E-state index contributed by atoms with van der Waals surface area (Å²) < 4.78 is 4.09. The zero-order valence-corrected chi connectivity index (χ0v) is 5.47. The van der Waals surface area contributed by atoms with Crippen LogP contribution in [0.3, 0.4) is 0 Å². The lowest BCUT2D eigenvalue weighted by Gasteiger charge is -2.21. The van der Waals surface area contributed by atoms with E-state index in [4.69, 9.17) is 20.4 Å². The largest absolute Gasteiger partial charge is 0.426 e. The Morgan fingerprint density at radius 2 is 2.09 bits per heavy atom. The molecule has 0 bridgehead atoms. The van der Waals surface area contributed by atoms with Crippen molar-refractivity contribution in [3.8, 4) is 0 Å². The zero-order chi connectivity index (χ0) is 8.65. The van der Waals surface area contributed by atoms with Gasteiger partial charge in [0.05, 0.1) is 0 Å². The van der Waals surface area contributed by atoms with Crippen molar-refractivity contribution in [2.75, 3.05) is 6.61 Å². The van der Waals surface area contributed by atoms with Crippen molar-refractivity contribution >= 4 is 5.97 Å². The van der Waals surface area contributed by atoms with Crippen molar-refractivity contribution in [1.29, 1.82) is 0 Å². The fourth-order valence-corrected chi connectivity index (χ4v) is 0.796. The van der Waals surface area contributed by atoms with Gasteiger partial charge < -0.3 is 25.2 Å². The molecule has 0 aliphatic carbocycles. The molecule has 1 heterocycles. The first-order valence-electron chi connectivity index (χ1n) is 2.93. The van der Waals surface area contributed by atoms with Crippen molar-refractivity contribution in [2.24, 2.45) is 0 Å². The lowest BCUT2D eigenvalue weighted by molar-refractivity contribution is -0.232. The lowest BCUT2D eigenvalue weighted by atomic mass is 10.1. The minimum Gasteiger partial charge on any atom is -0.426 e. The topological polar surface area (TPSA) is 107 Å². The number of rotatable bonds is 1. The summed E-state index contributed by atoms with van der Waals surface area (Å²) >= 11 is 0. The molecule has 11 heavy (non-hydrogen) atoms. The molecular formula is C5H8O6. The third-order valence-corrected chi connectivity index (χ3v) is 1.51. The molecule has 64 valence electrons. The fraction of sp³-hybridized carbons (Fsp3) is 0.800. The first-order valence-corrected chi connectivity index (χ1v) is 2.93. The number of hydrogen-bond donors (Lipinski definition) is 4. The predicted octanol–water partition coefficient (Wildman–Crippen LogP) is -3.05. The third kappa shape index (κ3) is 1.10. The summed E-state index contributed by atoms with van der Waals surface area (Å²) in [7, 11) is 0. The monoisotopic (exact) mass is 164 g/mol. The second kappa shape index (κ2) is 2.42. The van der Waals surface area contributed by atoms with Crippen molar-refractivity contribution < 1.29 is 30.0 Å². The number of aliphatic hydroxyl groups is 4. The Bertz CT molecular complexity index is 180. The van der Waals surface area contributed by atoms with Gasteiger partial charge in [-0.3, -0.25) is 0 Å². The summed E-state index contributed by atoms with van der Waals surface area (Å²) in [4.78, 5) is 10.5. The molecule has 1 aliphatic rings. The minimum absolute atomic E-state index is 0.947. The Balaban J connectivity index is 2.82. The number of ether oxygens (including phenoxy) is 1. The molecule has 6 nitrogen and oxygen atoms in total. The Morgan fingerprint density at radius 1 is 1.55 bits per heavy atom. The second-order valence-corrected chi connectivity index (χ2v) is 2.31. The highest BCUT2D eigenvalue weighted by atomic mass is 16.7. The number of carbonyl (C=O) groups is 1. The maximum absolute atomic E-state index is 10.5. The predicted molar refractivity (Wildman–Crippen MR) is 30.1 cm³/mol. The maximum atomic E-state index is 10.5. The van der Waals surface area contributed by atoms with Gasteiger partial charge in [0.25, 0.3) is 5.79 Å². The smallest absolute Gasteiger partial charge is 0.340 e. The third-order valence-electron chi connectivity index (χ3n) is 1.51. The molecular weight excluding hydrogens is 156 g/mol. The van der Waals surface area contributed by atoms with Crippen LogP contribution in [-0.2, 0) is 9.53 Å². The van der Waals surface area contributed by atoms with Crippen LogP contribution in [0.5, 0.6) is 0 Å². The van der Waals surface area contributed by atoms with E-state index < -0.39 is 30.6 Å². The Hall–Kier alpha value is -0.690. The number of esters is 1. The zero-order valence-electron chi connectivity index (χ0n) is 5.47. The molecule has 4 N–H and O–H groups in total. The summed E-state index contributed by atoms with van der Waals surface area (Å²) in [5, 5.41) is 35.1. The summed E-state index contributed by atoms with van der Waals surface area (Å²) in [5.41, 5.74) is 0. The Labute approximate surface area is 61.6 Å². The number of cyclic esters (lactones) is 1. The van der Waals surface area contributed by atoms with Gasteiger partial charge in [-0.1, -0.05) is 0 Å². The molecule has 0 spiro atoms. The van der Waals surface area contributed by atoms with E-state index in [1.165, 1.54) is 0 Å². The second-order valence-electron chi connectivity index (χ2n) is 2.31. The van der Waals surface area contributed by atoms with Gasteiger partial charge in [0.15, 0.2) is 12.2 Å². The van der Waals surface area contributed by atoms with Crippen LogP contribution >= 0.6 is 0 Å². The standard InChI is InChI=1S/C5H8O6/c6-1-5(10)3(8)2(7)4(9)11-5/h2-3,6-8,10H,1H2/t2-,3-,5+/m0/s1. The van der Waals surface area contributed by atoms with Crippen molar-refractivity contribution in [2.45, 2.75) is 18.0 Å². The summed E-state index contributed by atoms with van der Waals surface area (Å²) in [5.74, 6) is -3.50. The van der Waals surface area contributed by atoms with E-state index in [1.54, 1.807) is 0 Å². The highest BCUT2D eigenvalue weighted by molar-refractivity contribution is 5.78. The van der Waals surface area contributed by atoms with Crippen LogP contribution in [-0.4, -0.2) is 51.0 Å². The average molecular weight is 164 g/mol. The summed E-state index contributed by atoms with van der Waals surface area (Å²) in [6.07, 6.45) is -3.58. The van der Waals surface area contributed by atoms with Crippen LogP contribution in [0.15, 0.2) is 0 Å². The van der Waals surface area contributed by atoms with E-state index >= 15 is 0 Å². The average Bonchev–Trinajstić information content (AvgIpc) is 2.17. The van der Waals surface area contributed by atoms with Crippen molar-refractivity contribution in [3.05, 3.63) is 0 Å². The molecule has 1 rings (SSSR count). The summed E-state index contributed by atoms with van der Waals surface area (Å²) in [6, 6.07) is 0. The quantitative estimate of drug-likeness (QED) is 0.307. The van der Waals surface area contributed by atoms with E-state index in [2.05, 4.69) is 4.74 Å². The molecule has 0 saturated carbocycles. The number of aliphatic hydroxyl groups excluding tert-OH is 3. The van der Waals surface area contributed by atoms with Gasteiger partial charge in [-0.2, -0.15) is 0 Å². The normalized spacial score (nSPS) is 44.2. The molecule has 0 aromatic carbocycles. The molecule has 0 unspecified atom stereocenters. The first-order chi connectivity index (χ1) is 5.01. The van der Waals surface area contributed by atoms with Gasteiger partial charge in [-0.25, -0.2) is 4.79 Å². The van der Waals surface area contributed by atoms with Gasteiger partial charge in [0.1, 0.15) is 6.61 Å². The van der Waals surface area contributed by atoms with E-state index in [0.717, 1.165) is 0 Å². The van der Waals surface area contributed by atoms with Crippen LogP contribution in [0.4, 0.5) is 0 Å². The first kappa shape index (κ1) is 8.41. The molecule has 1 saturated heterocycles. The minimum atomic E-state index is -2.35. The molecule has 1 fully saturated rings. The van der Waals surface area contributed by atoms with Gasteiger partial charge in [-0.15, -0.1) is 0 Å². The highest BCUT2D eigenvalue weighted by Crippen LogP contribution is 2.24. The SMILES string of the molecule is O=C1O[C@](O)(CO)[C@@H](O)[C@@H]1O. The summed E-state index contributed by atoms with van der Waals surface area (Å²) in [6.45, 7) is -0.947. The highest BCUT2D eigenvalue weighted by Gasteiger charge is 2.53. The van der Waals surface area contributed by atoms with Crippen molar-refractivity contribution in [1.82, 2.24) is 0 Å².